The Morgan fingerprint density at radius 2 is 1.68 bits per heavy atom. The summed E-state index contributed by atoms with van der Waals surface area (Å²) in [5, 5.41) is 29.1. The van der Waals surface area contributed by atoms with Gasteiger partial charge in [-0.05, 0) is 12.1 Å². The SMILES string of the molecule is O=C(O)c1ccccc1NC(=O)N(CCO)CCO. The molecule has 0 spiro atoms. The van der Waals surface area contributed by atoms with Crippen LogP contribution in [-0.4, -0.2) is 58.5 Å². The van der Waals surface area contributed by atoms with Crippen LogP contribution >= 0.6 is 0 Å². The van der Waals surface area contributed by atoms with Gasteiger partial charge >= 0.3 is 12.0 Å². The molecule has 7 nitrogen and oxygen atoms in total. The number of aliphatic hydroxyl groups excluding tert-OH is 2. The maximum Gasteiger partial charge on any atom is 0.337 e. The number of carbonyl (C=O) groups is 2. The number of carboxylic acids is 1. The molecule has 1 aromatic carbocycles. The molecule has 0 aliphatic heterocycles. The highest BCUT2D eigenvalue weighted by Crippen LogP contribution is 2.15. The predicted octanol–water partition coefficient (Wildman–Crippen LogP) is 0.203. The molecule has 19 heavy (non-hydrogen) atoms. The fourth-order valence-corrected chi connectivity index (χ4v) is 1.53. The molecule has 0 bridgehead atoms. The Balaban J connectivity index is 2.83. The molecule has 0 unspecified atom stereocenters. The molecule has 0 radical (unpaired) electrons. The largest absolute Gasteiger partial charge is 0.478 e. The van der Waals surface area contributed by atoms with E-state index in [1.807, 2.05) is 0 Å². The predicted molar refractivity (Wildman–Crippen MR) is 68.2 cm³/mol. The van der Waals surface area contributed by atoms with E-state index < -0.39 is 12.0 Å². The molecule has 0 aromatic heterocycles. The van der Waals surface area contributed by atoms with Crippen LogP contribution in [-0.2, 0) is 0 Å². The summed E-state index contributed by atoms with van der Waals surface area (Å²) in [4.78, 5) is 24.0. The summed E-state index contributed by atoms with van der Waals surface area (Å²) in [5.74, 6) is -1.15. The van der Waals surface area contributed by atoms with E-state index in [2.05, 4.69) is 5.32 Å². The van der Waals surface area contributed by atoms with Crippen molar-refractivity contribution in [1.29, 1.82) is 0 Å². The van der Waals surface area contributed by atoms with Crippen LogP contribution in [0.25, 0.3) is 0 Å². The van der Waals surface area contributed by atoms with E-state index in [-0.39, 0.29) is 37.6 Å². The molecule has 2 amide bonds. The molecule has 4 N–H and O–H groups in total. The van der Waals surface area contributed by atoms with Crippen LogP contribution in [0.15, 0.2) is 24.3 Å². The van der Waals surface area contributed by atoms with Gasteiger partial charge < -0.3 is 25.5 Å². The third-order valence-corrected chi connectivity index (χ3v) is 2.43. The van der Waals surface area contributed by atoms with Crippen LogP contribution in [0.4, 0.5) is 10.5 Å². The summed E-state index contributed by atoms with van der Waals surface area (Å²) in [5.41, 5.74) is 0.143. The molecule has 7 heteroatoms. The zero-order valence-electron chi connectivity index (χ0n) is 10.2. The van der Waals surface area contributed by atoms with Crippen molar-refractivity contribution >= 4 is 17.7 Å². The van der Waals surface area contributed by atoms with Gasteiger partial charge in [0.2, 0.25) is 0 Å². The Morgan fingerprint density at radius 1 is 1.11 bits per heavy atom. The molecule has 1 aromatic rings. The number of amides is 2. The minimum atomic E-state index is -1.15. The van der Waals surface area contributed by atoms with Crippen molar-refractivity contribution in [2.75, 3.05) is 31.6 Å². The summed E-state index contributed by atoms with van der Waals surface area (Å²) < 4.78 is 0. The van der Waals surface area contributed by atoms with E-state index in [1.165, 1.54) is 17.0 Å². The lowest BCUT2D eigenvalue weighted by molar-refractivity contribution is 0.0698. The van der Waals surface area contributed by atoms with Crippen LogP contribution < -0.4 is 5.32 Å². The number of aliphatic hydroxyl groups is 2. The normalized spacial score (nSPS) is 10.0. The monoisotopic (exact) mass is 268 g/mol. The van der Waals surface area contributed by atoms with Gasteiger partial charge in [-0.3, -0.25) is 0 Å². The fraction of sp³-hybridized carbons (Fsp3) is 0.333. The van der Waals surface area contributed by atoms with Gasteiger partial charge in [-0.1, -0.05) is 12.1 Å². The first kappa shape index (κ1) is 14.9. The van der Waals surface area contributed by atoms with Crippen molar-refractivity contribution < 1.29 is 24.9 Å². The average molecular weight is 268 g/mol. The Labute approximate surface area is 110 Å². The average Bonchev–Trinajstić information content (AvgIpc) is 2.38. The number of anilines is 1. The molecule has 0 aliphatic rings. The Bertz CT molecular complexity index is 444. The molecular formula is C12H16N2O5. The highest BCUT2D eigenvalue weighted by Gasteiger charge is 2.16. The number of carboxylic acid groups (broad SMARTS) is 1. The number of rotatable bonds is 6. The van der Waals surface area contributed by atoms with Gasteiger partial charge in [-0.2, -0.15) is 0 Å². The number of hydrogen-bond donors (Lipinski definition) is 4. The summed E-state index contributed by atoms with van der Waals surface area (Å²) in [6.07, 6.45) is 0. The molecule has 0 fully saturated rings. The number of benzene rings is 1. The number of carbonyl (C=O) groups excluding carboxylic acids is 1. The summed E-state index contributed by atoms with van der Waals surface area (Å²) in [6.45, 7) is -0.370. The second kappa shape index (κ2) is 7.34. The van der Waals surface area contributed by atoms with Gasteiger partial charge in [0.15, 0.2) is 0 Å². The molecule has 0 saturated heterocycles. The van der Waals surface area contributed by atoms with Gasteiger partial charge in [0, 0.05) is 13.1 Å². The summed E-state index contributed by atoms with van der Waals surface area (Å²) in [6, 6.07) is 5.43. The van der Waals surface area contributed by atoms with E-state index in [0.29, 0.717) is 0 Å². The van der Waals surface area contributed by atoms with Gasteiger partial charge in [-0.15, -0.1) is 0 Å². The fourth-order valence-electron chi connectivity index (χ4n) is 1.53. The van der Waals surface area contributed by atoms with E-state index >= 15 is 0 Å². The topological polar surface area (TPSA) is 110 Å². The summed E-state index contributed by atoms with van der Waals surface area (Å²) >= 11 is 0. The van der Waals surface area contributed by atoms with Crippen molar-refractivity contribution in [3.63, 3.8) is 0 Å². The maximum atomic E-state index is 11.9. The summed E-state index contributed by atoms with van der Waals surface area (Å²) in [7, 11) is 0. The molecule has 0 heterocycles. The van der Waals surface area contributed by atoms with E-state index in [9.17, 15) is 9.59 Å². The standard InChI is InChI=1S/C12H16N2O5/c15-7-5-14(6-8-16)12(19)13-10-4-2-1-3-9(10)11(17)18/h1-4,15-16H,5-8H2,(H,13,19)(H,17,18). The molecule has 104 valence electrons. The smallest absolute Gasteiger partial charge is 0.337 e. The number of aromatic carboxylic acids is 1. The Hall–Kier alpha value is -2.12. The molecule has 0 aliphatic carbocycles. The number of nitrogens with zero attached hydrogens (tertiary/aromatic N) is 1. The third kappa shape index (κ3) is 4.23. The Morgan fingerprint density at radius 3 is 2.21 bits per heavy atom. The third-order valence-electron chi connectivity index (χ3n) is 2.43. The molecule has 0 atom stereocenters. The highest BCUT2D eigenvalue weighted by molar-refractivity contribution is 5.99. The van der Waals surface area contributed by atoms with Crippen molar-refractivity contribution in [3.05, 3.63) is 29.8 Å². The van der Waals surface area contributed by atoms with Gasteiger partial charge in [-0.25, -0.2) is 9.59 Å². The first-order valence-corrected chi connectivity index (χ1v) is 5.70. The van der Waals surface area contributed by atoms with Crippen LogP contribution in [0, 0.1) is 0 Å². The first-order chi connectivity index (χ1) is 9.10. The number of nitrogens with one attached hydrogen (secondary N) is 1. The van der Waals surface area contributed by atoms with Crippen LogP contribution in [0.2, 0.25) is 0 Å². The zero-order chi connectivity index (χ0) is 14.3. The van der Waals surface area contributed by atoms with E-state index in [4.69, 9.17) is 15.3 Å². The van der Waals surface area contributed by atoms with Crippen molar-refractivity contribution in [2.45, 2.75) is 0 Å². The molecular weight excluding hydrogens is 252 g/mol. The zero-order valence-corrected chi connectivity index (χ0v) is 10.2. The van der Waals surface area contributed by atoms with Crippen LogP contribution in [0.3, 0.4) is 0 Å². The van der Waals surface area contributed by atoms with Gasteiger partial charge in [0.1, 0.15) is 0 Å². The van der Waals surface area contributed by atoms with Crippen molar-refractivity contribution in [1.82, 2.24) is 4.90 Å². The quantitative estimate of drug-likeness (QED) is 0.589. The first-order valence-electron chi connectivity index (χ1n) is 5.70. The second-order valence-corrected chi connectivity index (χ2v) is 3.72. The number of urea groups is 1. The van der Waals surface area contributed by atoms with Gasteiger partial charge in [0.25, 0.3) is 0 Å². The molecule has 0 saturated carbocycles. The highest BCUT2D eigenvalue weighted by atomic mass is 16.4. The number of para-hydroxylation sites is 1. The minimum Gasteiger partial charge on any atom is -0.478 e. The van der Waals surface area contributed by atoms with Crippen LogP contribution in [0.1, 0.15) is 10.4 Å². The minimum absolute atomic E-state index is 0.0243. The van der Waals surface area contributed by atoms with E-state index in [1.54, 1.807) is 12.1 Å². The van der Waals surface area contributed by atoms with E-state index in [0.717, 1.165) is 0 Å². The van der Waals surface area contributed by atoms with Crippen molar-refractivity contribution in [2.24, 2.45) is 0 Å². The lowest BCUT2D eigenvalue weighted by Crippen LogP contribution is -2.39. The number of hydrogen-bond acceptors (Lipinski definition) is 4. The second-order valence-electron chi connectivity index (χ2n) is 3.72. The van der Waals surface area contributed by atoms with Crippen molar-refractivity contribution in [3.8, 4) is 0 Å². The lowest BCUT2D eigenvalue weighted by atomic mass is 10.2. The lowest BCUT2D eigenvalue weighted by Gasteiger charge is -2.21. The van der Waals surface area contributed by atoms with Crippen LogP contribution in [0.5, 0.6) is 0 Å². The van der Waals surface area contributed by atoms with Gasteiger partial charge in [0.05, 0.1) is 24.5 Å². The maximum absolute atomic E-state index is 11.9. The molecule has 1 rings (SSSR count). The Kier molecular flexibility index (Phi) is 5.77.